The molecule has 0 spiro atoms. The summed E-state index contributed by atoms with van der Waals surface area (Å²) < 4.78 is 34.1. The Bertz CT molecular complexity index is 1400. The molecule has 0 aliphatic carbocycles. The van der Waals surface area contributed by atoms with Crippen molar-refractivity contribution < 1.29 is 18.0 Å². The van der Waals surface area contributed by atoms with Crippen LogP contribution < -0.4 is 5.73 Å². The summed E-state index contributed by atoms with van der Waals surface area (Å²) in [5, 5.41) is 10.8. The Balaban J connectivity index is 1.44. The largest absolute Gasteiger partial charge is 0.419 e. The second kappa shape index (κ2) is 10.1. The van der Waals surface area contributed by atoms with Crippen LogP contribution in [0.4, 0.5) is 8.78 Å². The smallest absolute Gasteiger partial charge is 0.254 e. The van der Waals surface area contributed by atoms with E-state index in [1.54, 1.807) is 19.1 Å². The molecule has 4 aromatic rings. The zero-order valence-corrected chi connectivity index (χ0v) is 21.3. The van der Waals surface area contributed by atoms with E-state index in [1.807, 2.05) is 42.6 Å². The van der Waals surface area contributed by atoms with E-state index in [0.29, 0.717) is 17.0 Å². The number of nitrogens with two attached hydrogens (primary N) is 1. The molecule has 1 aliphatic heterocycles. The predicted molar refractivity (Wildman–Crippen MR) is 136 cm³/mol. The molecule has 3 atom stereocenters. The summed E-state index contributed by atoms with van der Waals surface area (Å²) in [5.41, 5.74) is 8.30. The van der Waals surface area contributed by atoms with E-state index < -0.39 is 30.3 Å². The summed E-state index contributed by atoms with van der Waals surface area (Å²) >= 11 is 1.40. The minimum Gasteiger partial charge on any atom is -0.419 e. The van der Waals surface area contributed by atoms with Crippen molar-refractivity contribution in [3.8, 4) is 11.5 Å². The minimum absolute atomic E-state index is 0.0486. The maximum Gasteiger partial charge on any atom is 0.254 e. The first-order valence-electron chi connectivity index (χ1n) is 12.0. The van der Waals surface area contributed by atoms with Gasteiger partial charge in [-0.15, -0.1) is 21.5 Å². The van der Waals surface area contributed by atoms with Gasteiger partial charge in [-0.1, -0.05) is 30.3 Å². The predicted octanol–water partition coefficient (Wildman–Crippen LogP) is 5.31. The van der Waals surface area contributed by atoms with Gasteiger partial charge >= 0.3 is 0 Å². The van der Waals surface area contributed by atoms with Crippen LogP contribution in [-0.2, 0) is 18.6 Å². The molecule has 0 saturated carbocycles. The molecule has 1 saturated heterocycles. The molecule has 2 aromatic heterocycles. The SMILES string of the molecule is Cc1csc([C@H]2C[C@H](F)CN2C(=O)c2cc(CF)cc(-c3nnc([C@@](C)(N)Cc4ccccc4)o3)c2)n1. The second-order valence-electron chi connectivity index (χ2n) is 9.68. The molecule has 2 N–H and O–H groups in total. The molecule has 0 bridgehead atoms. The summed E-state index contributed by atoms with van der Waals surface area (Å²) in [6, 6.07) is 13.8. The number of thiazole rings is 1. The van der Waals surface area contributed by atoms with E-state index in [0.717, 1.165) is 11.3 Å². The van der Waals surface area contributed by atoms with Crippen LogP contribution >= 0.6 is 11.3 Å². The normalized spacial score (nSPS) is 19.2. The molecular formula is C27H27F2N5O2S. The Hall–Kier alpha value is -3.50. The molecule has 1 aliphatic rings. The highest BCUT2D eigenvalue weighted by Crippen LogP contribution is 2.37. The van der Waals surface area contributed by atoms with Gasteiger partial charge in [0.15, 0.2) is 0 Å². The number of likely N-dealkylation sites (tertiary alicyclic amines) is 1. The Kier molecular flexibility index (Phi) is 6.87. The summed E-state index contributed by atoms with van der Waals surface area (Å²) in [5.74, 6) is -0.0492. The van der Waals surface area contributed by atoms with Gasteiger partial charge in [-0.25, -0.2) is 13.8 Å². The average molecular weight is 524 g/mol. The lowest BCUT2D eigenvalue weighted by atomic mass is 9.94. The molecule has 5 rings (SSSR count). The maximum atomic E-state index is 14.4. The number of aromatic nitrogens is 3. The van der Waals surface area contributed by atoms with E-state index in [1.165, 1.54) is 22.3 Å². The summed E-state index contributed by atoms with van der Waals surface area (Å²) in [4.78, 5) is 19.5. The van der Waals surface area contributed by atoms with Crippen LogP contribution in [0.2, 0.25) is 0 Å². The van der Waals surface area contributed by atoms with Crippen LogP contribution in [0.1, 0.15) is 57.5 Å². The van der Waals surface area contributed by atoms with Crippen LogP contribution in [0.5, 0.6) is 0 Å². The summed E-state index contributed by atoms with van der Waals surface area (Å²) in [7, 11) is 0. The molecule has 10 heteroatoms. The maximum absolute atomic E-state index is 14.4. The summed E-state index contributed by atoms with van der Waals surface area (Å²) in [6.07, 6.45) is -0.509. The fraction of sp³-hybridized carbons (Fsp3) is 0.333. The van der Waals surface area contributed by atoms with Crippen LogP contribution in [-0.4, -0.2) is 38.7 Å². The van der Waals surface area contributed by atoms with E-state index in [9.17, 15) is 13.6 Å². The number of carbonyl (C=O) groups is 1. The third-order valence-electron chi connectivity index (χ3n) is 6.40. The van der Waals surface area contributed by atoms with E-state index in [2.05, 4.69) is 15.2 Å². The van der Waals surface area contributed by atoms with E-state index in [-0.39, 0.29) is 35.9 Å². The van der Waals surface area contributed by atoms with Gasteiger partial charge in [-0.05, 0) is 49.6 Å². The number of nitrogens with zero attached hydrogens (tertiary/aromatic N) is 4. The van der Waals surface area contributed by atoms with Crippen molar-refractivity contribution in [3.63, 3.8) is 0 Å². The van der Waals surface area contributed by atoms with Gasteiger partial charge in [0.25, 0.3) is 5.91 Å². The standard InChI is InChI=1S/C27H27F2N5O2S/c1-16-15-37-24(31-16)22-11-21(29)14-34(22)25(35)20-9-18(13-28)8-19(10-20)23-32-33-26(36-23)27(2,30)12-17-6-4-3-5-7-17/h3-10,15,21-22H,11-14,30H2,1-2H3/t21-,22+,27-/m0/s1. The van der Waals surface area contributed by atoms with E-state index in [4.69, 9.17) is 10.2 Å². The van der Waals surface area contributed by atoms with Gasteiger partial charge in [0.2, 0.25) is 11.8 Å². The fourth-order valence-corrected chi connectivity index (χ4v) is 5.54. The number of halogens is 2. The Labute approximate surface area is 217 Å². The van der Waals surface area contributed by atoms with Crippen molar-refractivity contribution in [3.05, 3.63) is 87.2 Å². The van der Waals surface area contributed by atoms with E-state index >= 15 is 0 Å². The molecule has 7 nitrogen and oxygen atoms in total. The minimum atomic E-state index is -1.16. The van der Waals surface area contributed by atoms with Crippen molar-refractivity contribution in [1.82, 2.24) is 20.1 Å². The van der Waals surface area contributed by atoms with Crippen LogP contribution in [0, 0.1) is 6.92 Å². The number of hydrogen-bond acceptors (Lipinski definition) is 7. The lowest BCUT2D eigenvalue weighted by molar-refractivity contribution is 0.0728. The second-order valence-corrected chi connectivity index (χ2v) is 10.6. The number of carbonyl (C=O) groups excluding carboxylic acids is 1. The van der Waals surface area contributed by atoms with Crippen LogP contribution in [0.15, 0.2) is 58.3 Å². The molecule has 192 valence electrons. The third-order valence-corrected chi connectivity index (χ3v) is 7.47. The average Bonchev–Trinajstić information content (AvgIpc) is 3.63. The molecule has 1 fully saturated rings. The quantitative estimate of drug-likeness (QED) is 0.352. The Morgan fingerprint density at radius 2 is 2.00 bits per heavy atom. The molecular weight excluding hydrogens is 496 g/mol. The molecule has 37 heavy (non-hydrogen) atoms. The van der Waals surface area contributed by atoms with Crippen LogP contribution in [0.3, 0.4) is 0 Å². The lowest BCUT2D eigenvalue weighted by Crippen LogP contribution is -2.35. The van der Waals surface area contributed by atoms with Crippen molar-refractivity contribution >= 4 is 17.2 Å². The zero-order valence-electron chi connectivity index (χ0n) is 20.5. The van der Waals surface area contributed by atoms with Gasteiger partial charge in [0.1, 0.15) is 17.9 Å². The Morgan fingerprint density at radius 3 is 2.70 bits per heavy atom. The van der Waals surface area contributed by atoms with Crippen LogP contribution in [0.25, 0.3) is 11.5 Å². The number of rotatable bonds is 7. The highest BCUT2D eigenvalue weighted by atomic mass is 32.1. The Morgan fingerprint density at radius 1 is 1.22 bits per heavy atom. The lowest BCUT2D eigenvalue weighted by Gasteiger charge is -2.23. The molecule has 2 aromatic carbocycles. The molecule has 1 amide bonds. The van der Waals surface area contributed by atoms with Crippen molar-refractivity contribution in [2.75, 3.05) is 6.54 Å². The van der Waals surface area contributed by atoms with Gasteiger partial charge in [0.05, 0.1) is 18.1 Å². The van der Waals surface area contributed by atoms with Gasteiger partial charge in [-0.2, -0.15) is 0 Å². The first-order valence-corrected chi connectivity index (χ1v) is 12.9. The van der Waals surface area contributed by atoms with Gasteiger partial charge in [-0.3, -0.25) is 4.79 Å². The number of amides is 1. The van der Waals surface area contributed by atoms with Crippen molar-refractivity contribution in [1.29, 1.82) is 0 Å². The number of aryl methyl sites for hydroxylation is 1. The van der Waals surface area contributed by atoms with Gasteiger partial charge < -0.3 is 15.1 Å². The molecule has 0 radical (unpaired) electrons. The number of benzene rings is 2. The molecule has 3 heterocycles. The number of hydrogen-bond donors (Lipinski definition) is 1. The van der Waals surface area contributed by atoms with Crippen molar-refractivity contribution in [2.24, 2.45) is 5.73 Å². The van der Waals surface area contributed by atoms with Crippen molar-refractivity contribution in [2.45, 2.75) is 51.1 Å². The zero-order chi connectivity index (χ0) is 26.2. The monoisotopic (exact) mass is 523 g/mol. The highest BCUT2D eigenvalue weighted by Gasteiger charge is 2.38. The topological polar surface area (TPSA) is 98.1 Å². The van der Waals surface area contributed by atoms with Gasteiger partial charge in [0, 0.05) is 28.6 Å². The first-order chi connectivity index (χ1) is 17.7. The number of alkyl halides is 2. The first kappa shape index (κ1) is 25.2. The summed E-state index contributed by atoms with van der Waals surface area (Å²) in [6.45, 7) is 2.81. The third kappa shape index (κ3) is 5.30. The highest BCUT2D eigenvalue weighted by molar-refractivity contribution is 7.09. The fourth-order valence-electron chi connectivity index (χ4n) is 4.62. The molecule has 0 unspecified atom stereocenters.